The molecule has 1 aliphatic carbocycles. The fourth-order valence-corrected chi connectivity index (χ4v) is 2.32. The normalized spacial score (nSPS) is 21.9. The molecule has 18 heavy (non-hydrogen) atoms. The van der Waals surface area contributed by atoms with Gasteiger partial charge in [0.25, 0.3) is 0 Å². The number of anilines is 1. The van der Waals surface area contributed by atoms with E-state index >= 15 is 0 Å². The molecule has 3 rings (SSSR count). The summed E-state index contributed by atoms with van der Waals surface area (Å²) in [5, 5.41) is 4.12. The van der Waals surface area contributed by atoms with Gasteiger partial charge in [0.15, 0.2) is 0 Å². The third-order valence-corrected chi connectivity index (χ3v) is 3.58. The van der Waals surface area contributed by atoms with Crippen molar-refractivity contribution in [3.63, 3.8) is 0 Å². The molecule has 0 amide bonds. The zero-order valence-corrected chi connectivity index (χ0v) is 10.5. The summed E-state index contributed by atoms with van der Waals surface area (Å²) in [6.07, 6.45) is 1.16. The topological polar surface area (TPSA) is 61.3 Å². The fraction of sp³-hybridized carbons (Fsp3) is 0.357. The molecule has 2 atom stereocenters. The maximum atomic E-state index is 5.89. The molecule has 94 valence electrons. The highest BCUT2D eigenvalue weighted by molar-refractivity contribution is 5.76. The molecule has 0 aliphatic heterocycles. The lowest BCUT2D eigenvalue weighted by Gasteiger charge is -2.03. The first kappa shape index (κ1) is 11.1. The smallest absolute Gasteiger partial charge is 0.230 e. The highest BCUT2D eigenvalue weighted by Crippen LogP contribution is 2.50. The number of methoxy groups -OCH3 is 1. The number of hydrogen-bond donors (Lipinski definition) is 1. The van der Waals surface area contributed by atoms with E-state index in [0.717, 1.165) is 29.0 Å². The molecule has 1 fully saturated rings. The van der Waals surface area contributed by atoms with Crippen LogP contribution in [0.1, 0.15) is 25.0 Å². The molecule has 4 heteroatoms. The first-order valence-electron chi connectivity index (χ1n) is 6.10. The van der Waals surface area contributed by atoms with Gasteiger partial charge < -0.3 is 15.0 Å². The van der Waals surface area contributed by atoms with Crippen molar-refractivity contribution in [3.05, 3.63) is 30.0 Å². The van der Waals surface area contributed by atoms with E-state index in [9.17, 15) is 0 Å². The summed E-state index contributed by atoms with van der Waals surface area (Å²) in [5.74, 6) is 2.39. The average Bonchev–Trinajstić information content (AvgIpc) is 2.99. The number of benzene rings is 1. The molecule has 2 N–H and O–H groups in total. The number of aromatic nitrogens is 1. The van der Waals surface area contributed by atoms with Gasteiger partial charge in [0.1, 0.15) is 5.75 Å². The van der Waals surface area contributed by atoms with E-state index < -0.39 is 0 Å². The molecule has 0 saturated heterocycles. The molecular formula is C14H16N2O2. The number of hydrogen-bond acceptors (Lipinski definition) is 4. The number of nitrogens with zero attached hydrogens (tertiary/aromatic N) is 1. The Hall–Kier alpha value is -1.97. The summed E-state index contributed by atoms with van der Waals surface area (Å²) >= 11 is 0. The Labute approximate surface area is 106 Å². The average molecular weight is 244 g/mol. The van der Waals surface area contributed by atoms with Crippen LogP contribution in [0.2, 0.25) is 0 Å². The van der Waals surface area contributed by atoms with Crippen LogP contribution < -0.4 is 10.5 Å². The maximum absolute atomic E-state index is 5.89. The lowest BCUT2D eigenvalue weighted by molar-refractivity contribution is 0.415. The molecule has 1 aromatic heterocycles. The van der Waals surface area contributed by atoms with Gasteiger partial charge in [-0.15, -0.1) is 0 Å². The minimum Gasteiger partial charge on any atom is -0.497 e. The predicted molar refractivity (Wildman–Crippen MR) is 69.4 cm³/mol. The quantitative estimate of drug-likeness (QED) is 0.901. The van der Waals surface area contributed by atoms with Gasteiger partial charge in [-0.05, 0) is 30.0 Å². The molecule has 0 spiro atoms. The number of nitrogens with two attached hydrogens (primary N) is 1. The van der Waals surface area contributed by atoms with Crippen molar-refractivity contribution >= 4 is 5.88 Å². The van der Waals surface area contributed by atoms with Gasteiger partial charge in [0.05, 0.1) is 18.4 Å². The summed E-state index contributed by atoms with van der Waals surface area (Å²) < 4.78 is 10.3. The fourth-order valence-electron chi connectivity index (χ4n) is 2.32. The van der Waals surface area contributed by atoms with E-state index in [-0.39, 0.29) is 0 Å². The Morgan fingerprint density at radius 1 is 1.33 bits per heavy atom. The minimum atomic E-state index is 0.397. The molecular weight excluding hydrogens is 228 g/mol. The van der Waals surface area contributed by atoms with Crippen LogP contribution in [0.15, 0.2) is 28.8 Å². The molecule has 2 unspecified atom stereocenters. The Balaban J connectivity index is 2.02. The Bertz CT molecular complexity index is 560. The highest BCUT2D eigenvalue weighted by Gasteiger charge is 2.39. The molecule has 1 heterocycles. The van der Waals surface area contributed by atoms with Crippen LogP contribution in [-0.2, 0) is 0 Å². The van der Waals surface area contributed by atoms with E-state index in [0.29, 0.717) is 17.7 Å². The molecule has 0 radical (unpaired) electrons. The van der Waals surface area contributed by atoms with Gasteiger partial charge in [0, 0.05) is 5.92 Å². The molecule has 0 bridgehead atoms. The van der Waals surface area contributed by atoms with Crippen LogP contribution in [0.25, 0.3) is 11.1 Å². The van der Waals surface area contributed by atoms with E-state index in [1.54, 1.807) is 7.11 Å². The van der Waals surface area contributed by atoms with E-state index in [2.05, 4.69) is 12.1 Å². The second-order valence-corrected chi connectivity index (χ2v) is 4.86. The van der Waals surface area contributed by atoms with Crippen LogP contribution in [0.4, 0.5) is 5.88 Å². The van der Waals surface area contributed by atoms with E-state index in [1.807, 2.05) is 24.3 Å². The Kier molecular flexibility index (Phi) is 2.51. The third-order valence-electron chi connectivity index (χ3n) is 3.58. The zero-order valence-electron chi connectivity index (χ0n) is 10.5. The monoisotopic (exact) mass is 244 g/mol. The summed E-state index contributed by atoms with van der Waals surface area (Å²) in [5.41, 5.74) is 8.85. The Morgan fingerprint density at radius 2 is 2.00 bits per heavy atom. The van der Waals surface area contributed by atoms with E-state index in [4.69, 9.17) is 15.0 Å². The van der Waals surface area contributed by atoms with Crippen molar-refractivity contribution in [1.82, 2.24) is 5.16 Å². The largest absolute Gasteiger partial charge is 0.497 e. The second-order valence-electron chi connectivity index (χ2n) is 4.86. The first-order valence-corrected chi connectivity index (χ1v) is 6.10. The third kappa shape index (κ3) is 1.74. The maximum Gasteiger partial charge on any atom is 0.230 e. The van der Waals surface area contributed by atoms with Gasteiger partial charge in [-0.3, -0.25) is 0 Å². The van der Waals surface area contributed by atoms with Crippen molar-refractivity contribution in [3.8, 4) is 16.9 Å². The van der Waals surface area contributed by atoms with Crippen LogP contribution in [0.3, 0.4) is 0 Å². The van der Waals surface area contributed by atoms with Crippen LogP contribution in [-0.4, -0.2) is 12.3 Å². The lowest BCUT2D eigenvalue weighted by Crippen LogP contribution is -1.90. The van der Waals surface area contributed by atoms with Crippen molar-refractivity contribution in [2.75, 3.05) is 12.8 Å². The van der Waals surface area contributed by atoms with E-state index in [1.165, 1.54) is 0 Å². The number of ether oxygens (including phenoxy) is 1. The summed E-state index contributed by atoms with van der Waals surface area (Å²) in [4.78, 5) is 0. The zero-order chi connectivity index (χ0) is 12.7. The SMILES string of the molecule is COc1ccc(-c2c(C3CC3C)noc2N)cc1. The summed E-state index contributed by atoms with van der Waals surface area (Å²) in [7, 11) is 1.65. The van der Waals surface area contributed by atoms with Gasteiger partial charge in [-0.25, -0.2) is 0 Å². The molecule has 1 saturated carbocycles. The molecule has 4 nitrogen and oxygen atoms in total. The highest BCUT2D eigenvalue weighted by atomic mass is 16.5. The number of rotatable bonds is 3. The predicted octanol–water partition coefficient (Wildman–Crippen LogP) is 3.06. The standard InChI is InChI=1S/C14H16N2O2/c1-8-7-11(8)13-12(14(15)18-16-13)9-3-5-10(17-2)6-4-9/h3-6,8,11H,7,15H2,1-2H3. The minimum absolute atomic E-state index is 0.397. The first-order chi connectivity index (χ1) is 8.70. The van der Waals surface area contributed by atoms with Crippen molar-refractivity contribution < 1.29 is 9.26 Å². The van der Waals surface area contributed by atoms with Crippen molar-refractivity contribution in [2.24, 2.45) is 5.92 Å². The summed E-state index contributed by atoms with van der Waals surface area (Å²) in [6.45, 7) is 2.22. The van der Waals surface area contributed by atoms with Crippen LogP contribution in [0, 0.1) is 5.92 Å². The lowest BCUT2D eigenvalue weighted by atomic mass is 10.0. The second kappa shape index (κ2) is 4.05. The van der Waals surface area contributed by atoms with Gasteiger partial charge in [-0.2, -0.15) is 0 Å². The van der Waals surface area contributed by atoms with Gasteiger partial charge in [0.2, 0.25) is 5.88 Å². The van der Waals surface area contributed by atoms with Gasteiger partial charge in [-0.1, -0.05) is 24.2 Å². The van der Waals surface area contributed by atoms with Gasteiger partial charge >= 0.3 is 0 Å². The van der Waals surface area contributed by atoms with Crippen molar-refractivity contribution in [1.29, 1.82) is 0 Å². The molecule has 1 aromatic carbocycles. The molecule has 1 aliphatic rings. The van der Waals surface area contributed by atoms with Crippen LogP contribution >= 0.6 is 0 Å². The van der Waals surface area contributed by atoms with Crippen molar-refractivity contribution in [2.45, 2.75) is 19.3 Å². The number of nitrogen functional groups attached to an aromatic ring is 1. The molecule has 2 aromatic rings. The summed E-state index contributed by atoms with van der Waals surface area (Å²) in [6, 6.07) is 7.81. The van der Waals surface area contributed by atoms with Crippen LogP contribution in [0.5, 0.6) is 5.75 Å². The Morgan fingerprint density at radius 3 is 2.56 bits per heavy atom.